The number of hydrogen-bond donors (Lipinski definition) is 1. The number of nitrogens with zero attached hydrogens (tertiary/aromatic N) is 3. The Morgan fingerprint density at radius 2 is 2.08 bits per heavy atom. The first kappa shape index (κ1) is 15.8. The Kier molecular flexibility index (Phi) is 3.79. The molecular weight excluding hydrogens is 312 g/mol. The summed E-state index contributed by atoms with van der Waals surface area (Å²) in [5.41, 5.74) is 4.38. The van der Waals surface area contributed by atoms with Crippen LogP contribution in [0.15, 0.2) is 36.5 Å². The van der Waals surface area contributed by atoms with E-state index >= 15 is 0 Å². The van der Waals surface area contributed by atoms with Crippen molar-refractivity contribution in [2.75, 3.05) is 5.32 Å². The van der Waals surface area contributed by atoms with Crippen molar-refractivity contribution in [3.63, 3.8) is 0 Å². The average Bonchev–Trinajstić information content (AvgIpc) is 3.32. The van der Waals surface area contributed by atoms with Crippen molar-refractivity contribution in [3.8, 4) is 0 Å². The number of carbonyl (C=O) groups is 1. The first-order valence-corrected chi connectivity index (χ1v) is 8.79. The van der Waals surface area contributed by atoms with Gasteiger partial charge in [0.05, 0.1) is 17.1 Å². The van der Waals surface area contributed by atoms with Crippen molar-refractivity contribution in [2.45, 2.75) is 45.6 Å². The van der Waals surface area contributed by atoms with Crippen molar-refractivity contribution in [2.24, 2.45) is 0 Å². The van der Waals surface area contributed by atoms with Gasteiger partial charge >= 0.3 is 0 Å². The first-order valence-electron chi connectivity index (χ1n) is 8.79. The van der Waals surface area contributed by atoms with Crippen molar-refractivity contribution in [3.05, 3.63) is 53.3 Å². The number of nitrogens with one attached hydrogen (secondary N) is 1. The van der Waals surface area contributed by atoms with E-state index in [1.165, 1.54) is 0 Å². The second-order valence-electron chi connectivity index (χ2n) is 7.11. The van der Waals surface area contributed by atoms with Crippen LogP contribution in [0.3, 0.4) is 0 Å². The molecule has 4 rings (SSSR count). The van der Waals surface area contributed by atoms with E-state index in [1.54, 1.807) is 6.20 Å². The summed E-state index contributed by atoms with van der Waals surface area (Å²) in [4.78, 5) is 17.7. The SMILES string of the molecule is Cc1cccc(NC(=O)c2cc(C3CC3)nc3c2cnn3C(C)C)c1. The number of hydrogen-bond acceptors (Lipinski definition) is 3. The maximum atomic E-state index is 12.9. The predicted octanol–water partition coefficient (Wildman–Crippen LogP) is 4.45. The van der Waals surface area contributed by atoms with E-state index in [0.717, 1.165) is 40.8 Å². The van der Waals surface area contributed by atoms with E-state index in [2.05, 4.69) is 24.3 Å². The van der Waals surface area contributed by atoms with Gasteiger partial charge in [0.1, 0.15) is 0 Å². The van der Waals surface area contributed by atoms with Gasteiger partial charge in [0.25, 0.3) is 5.91 Å². The van der Waals surface area contributed by atoms with E-state index in [0.29, 0.717) is 11.5 Å². The van der Waals surface area contributed by atoms with Crippen LogP contribution in [0.5, 0.6) is 0 Å². The lowest BCUT2D eigenvalue weighted by atomic mass is 10.1. The number of aromatic nitrogens is 3. The van der Waals surface area contributed by atoms with E-state index in [9.17, 15) is 4.79 Å². The van der Waals surface area contributed by atoms with Crippen molar-refractivity contribution in [1.82, 2.24) is 14.8 Å². The lowest BCUT2D eigenvalue weighted by molar-refractivity contribution is 0.102. The zero-order valence-electron chi connectivity index (χ0n) is 14.8. The molecule has 0 aliphatic heterocycles. The van der Waals surface area contributed by atoms with Crippen LogP contribution in [0.1, 0.15) is 60.3 Å². The maximum Gasteiger partial charge on any atom is 0.256 e. The molecule has 1 saturated carbocycles. The summed E-state index contributed by atoms with van der Waals surface area (Å²) in [5, 5.41) is 8.28. The van der Waals surface area contributed by atoms with E-state index in [-0.39, 0.29) is 11.9 Å². The molecule has 2 aromatic heterocycles. The minimum Gasteiger partial charge on any atom is -0.322 e. The highest BCUT2D eigenvalue weighted by Crippen LogP contribution is 2.40. The number of aryl methyl sites for hydroxylation is 1. The smallest absolute Gasteiger partial charge is 0.256 e. The Labute approximate surface area is 147 Å². The largest absolute Gasteiger partial charge is 0.322 e. The van der Waals surface area contributed by atoms with Crippen LogP contribution in [0.25, 0.3) is 11.0 Å². The van der Waals surface area contributed by atoms with Gasteiger partial charge in [0.15, 0.2) is 5.65 Å². The summed E-state index contributed by atoms with van der Waals surface area (Å²) in [6.45, 7) is 6.16. The van der Waals surface area contributed by atoms with Crippen LogP contribution in [0.2, 0.25) is 0 Å². The normalized spacial score (nSPS) is 14.2. The number of fused-ring (bicyclic) bond motifs is 1. The molecule has 25 heavy (non-hydrogen) atoms. The predicted molar refractivity (Wildman–Crippen MR) is 99.0 cm³/mol. The Hall–Kier alpha value is -2.69. The van der Waals surface area contributed by atoms with E-state index < -0.39 is 0 Å². The molecule has 0 bridgehead atoms. The second-order valence-corrected chi connectivity index (χ2v) is 7.11. The Morgan fingerprint density at radius 3 is 2.76 bits per heavy atom. The molecule has 0 spiro atoms. The molecule has 1 aliphatic rings. The number of rotatable bonds is 4. The minimum absolute atomic E-state index is 0.108. The van der Waals surface area contributed by atoms with Gasteiger partial charge in [-0.25, -0.2) is 9.67 Å². The fourth-order valence-electron chi connectivity index (χ4n) is 3.11. The van der Waals surface area contributed by atoms with Gasteiger partial charge in [-0.05, 0) is 57.4 Å². The zero-order chi connectivity index (χ0) is 17.6. The fraction of sp³-hybridized carbons (Fsp3) is 0.350. The molecule has 3 aromatic rings. The maximum absolute atomic E-state index is 12.9. The van der Waals surface area contributed by atoms with Crippen LogP contribution >= 0.6 is 0 Å². The summed E-state index contributed by atoms with van der Waals surface area (Å²) in [5.74, 6) is 0.369. The summed E-state index contributed by atoms with van der Waals surface area (Å²) >= 11 is 0. The van der Waals surface area contributed by atoms with Crippen molar-refractivity contribution < 1.29 is 4.79 Å². The second kappa shape index (κ2) is 5.99. The summed E-state index contributed by atoms with van der Waals surface area (Å²) < 4.78 is 1.89. The van der Waals surface area contributed by atoms with Crippen LogP contribution in [0, 0.1) is 6.92 Å². The summed E-state index contributed by atoms with van der Waals surface area (Å²) in [6, 6.07) is 9.97. The number of anilines is 1. The molecule has 2 heterocycles. The third kappa shape index (κ3) is 3.02. The van der Waals surface area contributed by atoms with Crippen LogP contribution in [-0.4, -0.2) is 20.7 Å². The molecular formula is C20H22N4O. The Morgan fingerprint density at radius 1 is 1.28 bits per heavy atom. The molecule has 1 amide bonds. The van der Waals surface area contributed by atoms with Gasteiger partial charge in [-0.2, -0.15) is 5.10 Å². The van der Waals surface area contributed by atoms with Gasteiger partial charge in [0, 0.05) is 23.3 Å². The molecule has 0 atom stereocenters. The lowest BCUT2D eigenvalue weighted by Crippen LogP contribution is -2.14. The number of amides is 1. The number of carbonyl (C=O) groups excluding carboxylic acids is 1. The quantitative estimate of drug-likeness (QED) is 0.767. The summed E-state index contributed by atoms with van der Waals surface area (Å²) in [6.07, 6.45) is 4.05. The van der Waals surface area contributed by atoms with E-state index in [1.807, 2.05) is 41.9 Å². The number of pyridine rings is 1. The highest BCUT2D eigenvalue weighted by Gasteiger charge is 2.28. The summed E-state index contributed by atoms with van der Waals surface area (Å²) in [7, 11) is 0. The molecule has 5 nitrogen and oxygen atoms in total. The van der Waals surface area contributed by atoms with Crippen LogP contribution in [0.4, 0.5) is 5.69 Å². The average molecular weight is 334 g/mol. The monoisotopic (exact) mass is 334 g/mol. The highest BCUT2D eigenvalue weighted by molar-refractivity contribution is 6.12. The molecule has 128 valence electrons. The third-order valence-corrected chi connectivity index (χ3v) is 4.59. The fourth-order valence-corrected chi connectivity index (χ4v) is 3.11. The highest BCUT2D eigenvalue weighted by atomic mass is 16.1. The van der Waals surface area contributed by atoms with E-state index in [4.69, 9.17) is 4.98 Å². The minimum atomic E-state index is -0.108. The molecule has 0 radical (unpaired) electrons. The Balaban J connectivity index is 1.78. The van der Waals surface area contributed by atoms with Crippen LogP contribution in [-0.2, 0) is 0 Å². The molecule has 1 fully saturated rings. The number of benzene rings is 1. The molecule has 1 aliphatic carbocycles. The van der Waals surface area contributed by atoms with Gasteiger partial charge in [-0.1, -0.05) is 12.1 Å². The lowest BCUT2D eigenvalue weighted by Gasteiger charge is -2.11. The van der Waals surface area contributed by atoms with Crippen molar-refractivity contribution >= 4 is 22.6 Å². The molecule has 1 N–H and O–H groups in total. The van der Waals surface area contributed by atoms with Gasteiger partial charge in [0.2, 0.25) is 0 Å². The molecule has 1 aromatic carbocycles. The molecule has 0 saturated heterocycles. The topological polar surface area (TPSA) is 59.8 Å². The van der Waals surface area contributed by atoms with Gasteiger partial charge in [-0.15, -0.1) is 0 Å². The van der Waals surface area contributed by atoms with Gasteiger partial charge in [-0.3, -0.25) is 4.79 Å². The van der Waals surface area contributed by atoms with Crippen LogP contribution < -0.4 is 5.32 Å². The third-order valence-electron chi connectivity index (χ3n) is 4.59. The first-order chi connectivity index (χ1) is 12.0. The van der Waals surface area contributed by atoms with Crippen molar-refractivity contribution in [1.29, 1.82) is 0 Å². The zero-order valence-corrected chi connectivity index (χ0v) is 14.8. The Bertz CT molecular complexity index is 953. The van der Waals surface area contributed by atoms with Gasteiger partial charge < -0.3 is 5.32 Å². The molecule has 0 unspecified atom stereocenters. The molecule has 5 heteroatoms. The standard InChI is InChI=1S/C20H22N4O/c1-12(2)24-19-17(11-21-24)16(10-18(23-19)14-7-8-14)20(25)22-15-6-4-5-13(3)9-15/h4-6,9-12,14H,7-8H2,1-3H3,(H,22,25).